The van der Waals surface area contributed by atoms with Crippen molar-refractivity contribution in [3.63, 3.8) is 0 Å². The lowest BCUT2D eigenvalue weighted by atomic mass is 9.43. The van der Waals surface area contributed by atoms with Gasteiger partial charge in [0.15, 0.2) is 0 Å². The van der Waals surface area contributed by atoms with E-state index in [-0.39, 0.29) is 44.8 Å². The van der Waals surface area contributed by atoms with Gasteiger partial charge in [-0.05, 0) is 217 Å². The van der Waals surface area contributed by atoms with Gasteiger partial charge in [0.1, 0.15) is 11.2 Å². The minimum atomic E-state index is -0.316. The van der Waals surface area contributed by atoms with Gasteiger partial charge in [0.05, 0.1) is 0 Å². The third-order valence-electron chi connectivity index (χ3n) is 21.8. The van der Waals surface area contributed by atoms with Crippen LogP contribution in [0.3, 0.4) is 0 Å². The molecular weight excluding hydrogens is 1100 g/mol. The molecule has 9 aromatic carbocycles. The second-order valence-corrected chi connectivity index (χ2v) is 33.9. The zero-order valence-corrected chi connectivity index (χ0v) is 56.9. The van der Waals surface area contributed by atoms with Gasteiger partial charge in [0, 0.05) is 87.5 Å². The van der Waals surface area contributed by atoms with Crippen molar-refractivity contribution in [2.45, 2.75) is 188 Å². The third-order valence-corrected chi connectivity index (χ3v) is 22.9. The van der Waals surface area contributed by atoms with E-state index < -0.39 is 0 Å². The van der Waals surface area contributed by atoms with Gasteiger partial charge >= 0.3 is 6.85 Å². The highest BCUT2D eigenvalue weighted by atomic mass is 32.1. The average molecular weight is 1190 g/mol. The molecule has 0 radical (unpaired) electrons. The maximum absolute atomic E-state index is 7.82. The van der Waals surface area contributed by atoms with Crippen molar-refractivity contribution < 1.29 is 4.42 Å². The molecule has 2 aliphatic heterocycles. The van der Waals surface area contributed by atoms with E-state index in [2.05, 4.69) is 297 Å². The number of thiophene rings is 1. The van der Waals surface area contributed by atoms with E-state index in [9.17, 15) is 0 Å². The van der Waals surface area contributed by atoms with Crippen LogP contribution in [0.4, 0.5) is 45.5 Å². The molecular formula is C83H88BN3OS. The Morgan fingerprint density at radius 2 is 0.966 bits per heavy atom. The lowest BCUT2D eigenvalue weighted by Gasteiger charge is -2.47. The smallest absolute Gasteiger partial charge is 0.336 e. The number of benzene rings is 9. The Morgan fingerprint density at radius 3 is 1.54 bits per heavy atom. The van der Waals surface area contributed by atoms with Crippen LogP contribution in [0.2, 0.25) is 0 Å². The summed E-state index contributed by atoms with van der Waals surface area (Å²) in [5.74, 6) is 0. The Kier molecular flexibility index (Phi) is 12.5. The van der Waals surface area contributed by atoms with Gasteiger partial charge in [-0.3, -0.25) is 0 Å². The topological polar surface area (TPSA) is 22.9 Å². The molecule has 4 nitrogen and oxygen atoms in total. The minimum Gasteiger partial charge on any atom is -0.456 e. The van der Waals surface area contributed by atoms with Gasteiger partial charge < -0.3 is 19.0 Å². The van der Waals surface area contributed by atoms with Crippen molar-refractivity contribution >= 4 is 117 Å². The first-order valence-corrected chi connectivity index (χ1v) is 33.7. The molecule has 0 atom stereocenters. The summed E-state index contributed by atoms with van der Waals surface area (Å²) in [5, 5.41) is 4.98. The predicted molar refractivity (Wildman–Crippen MR) is 386 cm³/mol. The molecule has 0 amide bonds. The van der Waals surface area contributed by atoms with Crippen LogP contribution >= 0.6 is 11.3 Å². The highest BCUT2D eigenvalue weighted by molar-refractivity contribution is 7.26. The Balaban J connectivity index is 1.10. The fourth-order valence-corrected chi connectivity index (χ4v) is 17.2. The highest BCUT2D eigenvalue weighted by Gasteiger charge is 2.50. The van der Waals surface area contributed by atoms with Crippen LogP contribution in [0, 0.1) is 6.92 Å². The van der Waals surface area contributed by atoms with Crippen LogP contribution in [-0.2, 0) is 37.9 Å². The molecule has 4 heterocycles. The van der Waals surface area contributed by atoms with Crippen molar-refractivity contribution in [1.29, 1.82) is 0 Å². The van der Waals surface area contributed by atoms with Crippen LogP contribution in [0.15, 0.2) is 162 Å². The van der Waals surface area contributed by atoms with Crippen molar-refractivity contribution in [2.75, 3.05) is 14.6 Å². The van der Waals surface area contributed by atoms with Gasteiger partial charge in [-0.2, -0.15) is 0 Å². The molecule has 2 aromatic heterocycles. The van der Waals surface area contributed by atoms with Crippen LogP contribution in [0.5, 0.6) is 0 Å². The summed E-state index contributed by atoms with van der Waals surface area (Å²) in [5.41, 5.74) is 27.3. The molecule has 11 aromatic rings. The molecule has 0 N–H and O–H groups in total. The minimum absolute atomic E-state index is 0.00349. The molecule has 2 aliphatic carbocycles. The Bertz CT molecular complexity index is 4680. The lowest BCUT2D eigenvalue weighted by Crippen LogP contribution is -2.61. The van der Waals surface area contributed by atoms with Crippen LogP contribution < -0.4 is 25.5 Å². The van der Waals surface area contributed by atoms with Crippen molar-refractivity contribution in [3.8, 4) is 11.1 Å². The zero-order chi connectivity index (χ0) is 62.6. The molecule has 0 saturated heterocycles. The Hall–Kier alpha value is -7.54. The first kappa shape index (κ1) is 57.9. The molecule has 89 heavy (non-hydrogen) atoms. The van der Waals surface area contributed by atoms with Crippen molar-refractivity contribution in [1.82, 2.24) is 0 Å². The maximum atomic E-state index is 7.82. The standard InChI is InChI=1S/C83H88BN3OS/c1-49-43-61-63(82(15,16)41-39-80(61,11)12)46-66(49)86-65-38-37-57-60-45-62-64(83(17,18)42-40-81(62,13)14)47-69(60)88-76(57)75(65)84-74-68(86)48-71-72(59-21-19-20-22-70(59)89-71)73(74)58-36-35-56(44-67(58)87(84)55-33-27-52(28-34-55)79(8,9)10)85(53-29-23-50(24-30-53)77(2,3)4)54-31-25-51(26-32-54)78(5,6)7/h19-38,43-48H,39-42H2,1-18H3. The number of anilines is 8. The molecule has 0 saturated carbocycles. The largest absolute Gasteiger partial charge is 0.456 e. The number of rotatable bonds is 5. The first-order chi connectivity index (χ1) is 41.9. The predicted octanol–water partition coefficient (Wildman–Crippen LogP) is 23.0. The summed E-state index contributed by atoms with van der Waals surface area (Å²) >= 11 is 1.93. The number of fused-ring (bicyclic) bond motifs is 14. The fraction of sp³-hybridized carbons (Fsp3) is 0.349. The molecule has 0 fully saturated rings. The van der Waals surface area contributed by atoms with E-state index in [1.54, 1.807) is 0 Å². The average Bonchev–Trinajstić information content (AvgIpc) is 1.67. The normalized spacial score (nSPS) is 17.2. The summed E-state index contributed by atoms with van der Waals surface area (Å²) in [6.07, 6.45) is 4.58. The summed E-state index contributed by atoms with van der Waals surface area (Å²) in [7, 11) is 0. The van der Waals surface area contributed by atoms with Crippen molar-refractivity contribution in [2.24, 2.45) is 0 Å². The van der Waals surface area contributed by atoms with Crippen LogP contribution in [0.25, 0.3) is 53.2 Å². The second kappa shape index (κ2) is 19.3. The van der Waals surface area contributed by atoms with E-state index in [0.717, 1.165) is 65.3 Å². The van der Waals surface area contributed by atoms with Gasteiger partial charge in [-0.1, -0.05) is 184 Å². The molecule has 0 spiro atoms. The molecule has 450 valence electrons. The summed E-state index contributed by atoms with van der Waals surface area (Å²) in [6, 6.07) is 62.4. The van der Waals surface area contributed by atoms with Crippen LogP contribution in [0.1, 0.15) is 188 Å². The number of nitrogens with zero attached hydrogens (tertiary/aromatic N) is 3. The molecule has 6 heteroatoms. The molecule has 0 bridgehead atoms. The molecule has 4 aliphatic rings. The summed E-state index contributed by atoms with van der Waals surface area (Å²) in [6.45, 7) is 42.5. The highest BCUT2D eigenvalue weighted by Crippen LogP contribution is 2.57. The summed E-state index contributed by atoms with van der Waals surface area (Å²) in [4.78, 5) is 7.91. The van der Waals surface area contributed by atoms with Gasteiger partial charge in [0.2, 0.25) is 0 Å². The maximum Gasteiger partial charge on any atom is 0.336 e. The number of aryl methyl sites for hydroxylation is 1. The first-order valence-electron chi connectivity index (χ1n) is 32.9. The SMILES string of the molecule is Cc1cc2c(cc1N1c3cc4sc5ccccc5c4c4c3B(c3c1ccc1c3oc3cc5c(cc31)C(C)(C)CCC5(C)C)N(c1ccc(C(C)(C)C)cc1)c1cc(N(c3ccc(C(C)(C)C)cc3)c3ccc(C(C)(C)C)cc3)ccc1-4)C(C)(C)CCC2(C)C. The van der Waals surface area contributed by atoms with E-state index >= 15 is 0 Å². The third kappa shape index (κ3) is 8.94. The Morgan fingerprint density at radius 1 is 0.449 bits per heavy atom. The van der Waals surface area contributed by atoms with E-state index in [1.165, 1.54) is 115 Å². The van der Waals surface area contributed by atoms with Gasteiger partial charge in [-0.25, -0.2) is 0 Å². The fourth-order valence-electron chi connectivity index (χ4n) is 16.0. The monoisotopic (exact) mass is 1190 g/mol. The van der Waals surface area contributed by atoms with E-state index in [0.29, 0.717) is 0 Å². The quantitative estimate of drug-likeness (QED) is 0.160. The molecule has 15 rings (SSSR count). The number of hydrogen-bond acceptors (Lipinski definition) is 5. The van der Waals surface area contributed by atoms with E-state index in [1.807, 2.05) is 11.3 Å². The lowest BCUT2D eigenvalue weighted by molar-refractivity contribution is 0.332. The number of hydrogen-bond donors (Lipinski definition) is 0. The van der Waals surface area contributed by atoms with Crippen LogP contribution in [-0.4, -0.2) is 6.85 Å². The zero-order valence-electron chi connectivity index (χ0n) is 56.1. The van der Waals surface area contributed by atoms with E-state index in [4.69, 9.17) is 4.42 Å². The Labute approximate surface area is 534 Å². The summed E-state index contributed by atoms with van der Waals surface area (Å²) < 4.78 is 10.4. The second-order valence-electron chi connectivity index (χ2n) is 32.8. The van der Waals surface area contributed by atoms with Crippen molar-refractivity contribution in [3.05, 3.63) is 202 Å². The molecule has 0 unspecified atom stereocenters. The van der Waals surface area contributed by atoms with Gasteiger partial charge in [-0.15, -0.1) is 11.3 Å². The number of furan rings is 1. The van der Waals surface area contributed by atoms with Gasteiger partial charge in [0.25, 0.3) is 0 Å².